The maximum atomic E-state index is 13.5. The van der Waals surface area contributed by atoms with E-state index in [1.54, 1.807) is 12.1 Å². The fourth-order valence-electron chi connectivity index (χ4n) is 3.96. The van der Waals surface area contributed by atoms with E-state index in [0.717, 1.165) is 41.6 Å². The van der Waals surface area contributed by atoms with E-state index in [1.807, 2.05) is 32.9 Å². The quantitative estimate of drug-likeness (QED) is 0.176. The number of rotatable bonds is 7. The number of nitrogens with one attached hydrogen (secondary N) is 1. The van der Waals surface area contributed by atoms with E-state index in [0.29, 0.717) is 11.1 Å². The molecule has 0 aliphatic carbocycles. The third kappa shape index (κ3) is 7.49. The number of benzene rings is 3. The van der Waals surface area contributed by atoms with Crippen LogP contribution in [0.4, 0.5) is 26.3 Å². The Morgan fingerprint density at radius 2 is 1.41 bits per heavy atom. The monoisotopic (exact) mass is 592 g/mol. The minimum absolute atomic E-state index is 0.0491. The first-order valence-electron chi connectivity index (χ1n) is 12.4. The van der Waals surface area contributed by atoms with Crippen LogP contribution in [0.15, 0.2) is 78.0 Å². The molecule has 1 heterocycles. The zero-order valence-electron chi connectivity index (χ0n) is 22.3. The molecule has 0 aliphatic heterocycles. The van der Waals surface area contributed by atoms with Crippen LogP contribution in [-0.4, -0.2) is 20.7 Å². The molecule has 0 bridgehead atoms. The number of halogens is 6. The summed E-state index contributed by atoms with van der Waals surface area (Å²) in [7, 11) is 0. The number of nitrogens with zero attached hydrogens (tertiary/aromatic N) is 3. The average Bonchev–Trinajstić information content (AvgIpc) is 3.32. The molecule has 4 aromatic rings. The molecule has 0 radical (unpaired) electrons. The van der Waals surface area contributed by atoms with Gasteiger partial charge in [-0.2, -0.15) is 26.3 Å². The zero-order chi connectivity index (χ0) is 30.0. The molecule has 41 heavy (non-hydrogen) atoms. The van der Waals surface area contributed by atoms with Gasteiger partial charge in [-0.25, -0.2) is 0 Å². The Kier molecular flexibility index (Phi) is 8.53. The standard InChI is InChI=1S/C29H26F6N4OS/c1-27(2,3)20-12-10-19(11-13-20)25(40)36-16-24-37-38-26(39(24)23-9-5-8-22(15-23)29(33,34)35)41-17-18-6-4-7-21(14-18)28(30,31)32/h4-15H,16-17H2,1-3H3,(H,36,40). The second-order valence-corrected chi connectivity index (χ2v) is 11.2. The highest BCUT2D eigenvalue weighted by Crippen LogP contribution is 2.34. The largest absolute Gasteiger partial charge is 0.416 e. The van der Waals surface area contributed by atoms with Gasteiger partial charge in [0.25, 0.3) is 5.91 Å². The minimum Gasteiger partial charge on any atom is -0.345 e. The van der Waals surface area contributed by atoms with Crippen LogP contribution in [0.25, 0.3) is 5.69 Å². The molecule has 1 N–H and O–H groups in total. The van der Waals surface area contributed by atoms with Gasteiger partial charge in [0.2, 0.25) is 0 Å². The molecular formula is C29H26F6N4OS. The second kappa shape index (κ2) is 11.6. The zero-order valence-corrected chi connectivity index (χ0v) is 23.1. The van der Waals surface area contributed by atoms with Crippen molar-refractivity contribution < 1.29 is 31.1 Å². The van der Waals surface area contributed by atoms with Crippen LogP contribution < -0.4 is 5.32 Å². The fraction of sp³-hybridized carbons (Fsp3) is 0.276. The van der Waals surface area contributed by atoms with Crippen molar-refractivity contribution in [3.8, 4) is 5.69 Å². The van der Waals surface area contributed by atoms with Gasteiger partial charge >= 0.3 is 12.4 Å². The average molecular weight is 593 g/mol. The summed E-state index contributed by atoms with van der Waals surface area (Å²) in [6.07, 6.45) is -9.12. The number of thioether (sulfide) groups is 1. The third-order valence-electron chi connectivity index (χ3n) is 6.17. The molecule has 0 spiro atoms. The summed E-state index contributed by atoms with van der Waals surface area (Å²) in [4.78, 5) is 12.8. The normalized spacial score (nSPS) is 12.4. The van der Waals surface area contributed by atoms with Crippen molar-refractivity contribution >= 4 is 17.7 Å². The fourth-order valence-corrected chi connectivity index (χ4v) is 4.87. The Hall–Kier alpha value is -3.80. The lowest BCUT2D eigenvalue weighted by Crippen LogP contribution is -2.25. The molecule has 4 rings (SSSR count). The summed E-state index contributed by atoms with van der Waals surface area (Å²) in [6.45, 7) is 5.98. The van der Waals surface area contributed by atoms with Crippen molar-refractivity contribution in [2.75, 3.05) is 0 Å². The third-order valence-corrected chi connectivity index (χ3v) is 7.17. The van der Waals surface area contributed by atoms with Gasteiger partial charge in [-0.1, -0.05) is 68.9 Å². The lowest BCUT2D eigenvalue weighted by atomic mass is 9.87. The van der Waals surface area contributed by atoms with E-state index in [-0.39, 0.29) is 34.4 Å². The predicted octanol–water partition coefficient (Wildman–Crippen LogP) is 7.82. The highest BCUT2D eigenvalue weighted by molar-refractivity contribution is 7.98. The molecule has 0 saturated heterocycles. The van der Waals surface area contributed by atoms with Gasteiger partial charge in [-0.15, -0.1) is 10.2 Å². The van der Waals surface area contributed by atoms with Gasteiger partial charge in [0.15, 0.2) is 11.0 Å². The number of hydrogen-bond donors (Lipinski definition) is 1. The van der Waals surface area contributed by atoms with Crippen molar-refractivity contribution in [1.82, 2.24) is 20.1 Å². The molecule has 0 aliphatic rings. The summed E-state index contributed by atoms with van der Waals surface area (Å²) in [5.41, 5.74) is 0.0638. The predicted molar refractivity (Wildman–Crippen MR) is 144 cm³/mol. The molecule has 1 amide bonds. The van der Waals surface area contributed by atoms with Gasteiger partial charge in [0.1, 0.15) is 0 Å². The maximum Gasteiger partial charge on any atom is 0.416 e. The summed E-state index contributed by atoms with van der Waals surface area (Å²) in [5.74, 6) is -0.217. The minimum atomic E-state index is -4.61. The van der Waals surface area contributed by atoms with Crippen molar-refractivity contribution in [3.63, 3.8) is 0 Å². The van der Waals surface area contributed by atoms with Crippen LogP contribution in [0.2, 0.25) is 0 Å². The van der Waals surface area contributed by atoms with E-state index in [1.165, 1.54) is 28.8 Å². The number of carbonyl (C=O) groups excluding carboxylic acids is 1. The Labute approximate surface area is 237 Å². The van der Waals surface area contributed by atoms with E-state index in [4.69, 9.17) is 0 Å². The molecule has 0 unspecified atom stereocenters. The maximum absolute atomic E-state index is 13.5. The lowest BCUT2D eigenvalue weighted by molar-refractivity contribution is -0.138. The van der Waals surface area contributed by atoms with Gasteiger partial charge < -0.3 is 5.32 Å². The number of amides is 1. The van der Waals surface area contributed by atoms with E-state index >= 15 is 0 Å². The first-order valence-corrected chi connectivity index (χ1v) is 13.4. The molecule has 216 valence electrons. The lowest BCUT2D eigenvalue weighted by Gasteiger charge is -2.19. The summed E-state index contributed by atoms with van der Waals surface area (Å²) >= 11 is 1.01. The topological polar surface area (TPSA) is 59.8 Å². The number of hydrogen-bond acceptors (Lipinski definition) is 4. The Morgan fingerprint density at radius 3 is 2.02 bits per heavy atom. The van der Waals surface area contributed by atoms with Crippen LogP contribution in [0.3, 0.4) is 0 Å². The van der Waals surface area contributed by atoms with E-state index < -0.39 is 29.4 Å². The summed E-state index contributed by atoms with van der Waals surface area (Å²) in [6, 6.07) is 16.3. The first-order chi connectivity index (χ1) is 19.1. The molecule has 3 aromatic carbocycles. The van der Waals surface area contributed by atoms with Crippen molar-refractivity contribution in [1.29, 1.82) is 0 Å². The summed E-state index contributed by atoms with van der Waals surface area (Å²) < 4.78 is 81.2. The highest BCUT2D eigenvalue weighted by Gasteiger charge is 2.32. The number of carbonyl (C=O) groups is 1. The molecule has 0 saturated carbocycles. The molecule has 0 fully saturated rings. The van der Waals surface area contributed by atoms with Crippen LogP contribution in [0.1, 0.15) is 59.2 Å². The van der Waals surface area contributed by atoms with Crippen LogP contribution in [0.5, 0.6) is 0 Å². The first kappa shape index (κ1) is 30.2. The van der Waals surface area contributed by atoms with Crippen molar-refractivity contribution in [2.24, 2.45) is 0 Å². The Bertz CT molecular complexity index is 1520. The van der Waals surface area contributed by atoms with Gasteiger partial charge in [-0.05, 0) is 52.9 Å². The van der Waals surface area contributed by atoms with Crippen molar-refractivity contribution in [2.45, 2.75) is 56.0 Å². The second-order valence-electron chi connectivity index (χ2n) is 10.3. The highest BCUT2D eigenvalue weighted by atomic mass is 32.2. The molecule has 5 nitrogen and oxygen atoms in total. The Morgan fingerprint density at radius 1 is 0.805 bits per heavy atom. The van der Waals surface area contributed by atoms with Crippen molar-refractivity contribution in [3.05, 3.63) is 106 Å². The van der Waals surface area contributed by atoms with Crippen LogP contribution >= 0.6 is 11.8 Å². The van der Waals surface area contributed by atoms with Crippen LogP contribution in [0, 0.1) is 0 Å². The molecule has 12 heteroatoms. The van der Waals surface area contributed by atoms with Gasteiger partial charge in [0, 0.05) is 11.3 Å². The molecule has 0 atom stereocenters. The van der Waals surface area contributed by atoms with E-state index in [2.05, 4.69) is 15.5 Å². The Balaban J connectivity index is 1.61. The SMILES string of the molecule is CC(C)(C)c1ccc(C(=O)NCc2nnc(SCc3cccc(C(F)(F)F)c3)n2-c2cccc(C(F)(F)F)c2)cc1. The summed E-state index contributed by atoms with van der Waals surface area (Å²) in [5, 5.41) is 11.0. The van der Waals surface area contributed by atoms with Crippen LogP contribution in [-0.2, 0) is 30.1 Å². The number of alkyl halides is 6. The molecular weight excluding hydrogens is 566 g/mol. The smallest absolute Gasteiger partial charge is 0.345 e. The van der Waals surface area contributed by atoms with Gasteiger partial charge in [-0.3, -0.25) is 9.36 Å². The number of aromatic nitrogens is 3. The van der Waals surface area contributed by atoms with Gasteiger partial charge in [0.05, 0.1) is 23.4 Å². The molecule has 1 aromatic heterocycles. The van der Waals surface area contributed by atoms with E-state index in [9.17, 15) is 31.1 Å².